The first-order valence-electron chi connectivity index (χ1n) is 10.1. The maximum atomic E-state index is 12.9. The van der Waals surface area contributed by atoms with Gasteiger partial charge in [-0.15, -0.1) is 0 Å². The molecule has 1 unspecified atom stereocenters. The SMILES string of the molecule is CCOc1cc(C(=O)NC(C)c2cccc(NC(C)=O)c2)cc(OCC)c1OCC. The van der Waals surface area contributed by atoms with Crippen molar-refractivity contribution in [3.8, 4) is 17.2 Å². The van der Waals surface area contributed by atoms with Gasteiger partial charge in [0.05, 0.1) is 25.9 Å². The Morgan fingerprint density at radius 3 is 2.07 bits per heavy atom. The van der Waals surface area contributed by atoms with Gasteiger partial charge in [-0.25, -0.2) is 0 Å². The minimum absolute atomic E-state index is 0.148. The largest absolute Gasteiger partial charge is 0.490 e. The number of carbonyl (C=O) groups is 2. The van der Waals surface area contributed by atoms with E-state index in [4.69, 9.17) is 14.2 Å². The summed E-state index contributed by atoms with van der Waals surface area (Å²) in [7, 11) is 0. The highest BCUT2D eigenvalue weighted by atomic mass is 16.5. The Bertz CT molecular complexity index is 855. The summed E-state index contributed by atoms with van der Waals surface area (Å²) in [5, 5.41) is 5.73. The van der Waals surface area contributed by atoms with E-state index in [1.165, 1.54) is 6.92 Å². The lowest BCUT2D eigenvalue weighted by Gasteiger charge is -2.19. The summed E-state index contributed by atoms with van der Waals surface area (Å²) in [4.78, 5) is 24.2. The topological polar surface area (TPSA) is 85.9 Å². The Labute approximate surface area is 177 Å². The summed E-state index contributed by atoms with van der Waals surface area (Å²) < 4.78 is 17.1. The van der Waals surface area contributed by atoms with E-state index in [1.807, 2.05) is 45.9 Å². The van der Waals surface area contributed by atoms with Crippen LogP contribution in [-0.2, 0) is 4.79 Å². The first-order valence-corrected chi connectivity index (χ1v) is 10.1. The van der Waals surface area contributed by atoms with Crippen molar-refractivity contribution in [2.75, 3.05) is 25.1 Å². The maximum Gasteiger partial charge on any atom is 0.252 e. The third kappa shape index (κ3) is 6.14. The molecule has 162 valence electrons. The molecule has 7 heteroatoms. The molecule has 7 nitrogen and oxygen atoms in total. The van der Waals surface area contributed by atoms with Gasteiger partial charge >= 0.3 is 0 Å². The van der Waals surface area contributed by atoms with Crippen molar-refractivity contribution in [2.24, 2.45) is 0 Å². The zero-order valence-corrected chi connectivity index (χ0v) is 18.2. The van der Waals surface area contributed by atoms with Crippen molar-refractivity contribution >= 4 is 17.5 Å². The van der Waals surface area contributed by atoms with E-state index in [0.29, 0.717) is 48.3 Å². The monoisotopic (exact) mass is 414 g/mol. The van der Waals surface area contributed by atoms with Crippen LogP contribution in [0.1, 0.15) is 56.6 Å². The number of anilines is 1. The number of ether oxygens (including phenoxy) is 3. The van der Waals surface area contributed by atoms with Gasteiger partial charge in [-0.2, -0.15) is 0 Å². The van der Waals surface area contributed by atoms with Gasteiger partial charge in [0.1, 0.15) is 0 Å². The zero-order valence-electron chi connectivity index (χ0n) is 18.2. The second-order valence-corrected chi connectivity index (χ2v) is 6.60. The average molecular weight is 415 g/mol. The van der Waals surface area contributed by atoms with Crippen LogP contribution in [0.4, 0.5) is 5.69 Å². The highest BCUT2D eigenvalue weighted by Gasteiger charge is 2.20. The second-order valence-electron chi connectivity index (χ2n) is 6.60. The Morgan fingerprint density at radius 1 is 0.933 bits per heavy atom. The normalized spacial score (nSPS) is 11.4. The van der Waals surface area contributed by atoms with Crippen LogP contribution in [0.25, 0.3) is 0 Å². The molecule has 2 rings (SSSR count). The first-order chi connectivity index (χ1) is 14.4. The molecule has 0 bridgehead atoms. The molecule has 0 aliphatic rings. The van der Waals surface area contributed by atoms with Crippen molar-refractivity contribution in [3.63, 3.8) is 0 Å². The van der Waals surface area contributed by atoms with Crippen LogP contribution in [0.5, 0.6) is 17.2 Å². The molecule has 0 radical (unpaired) electrons. The maximum absolute atomic E-state index is 12.9. The fraction of sp³-hybridized carbons (Fsp3) is 0.391. The van der Waals surface area contributed by atoms with Crippen molar-refractivity contribution < 1.29 is 23.8 Å². The lowest BCUT2D eigenvalue weighted by atomic mass is 10.1. The number of hydrogen-bond donors (Lipinski definition) is 2. The van der Waals surface area contributed by atoms with Crippen molar-refractivity contribution in [3.05, 3.63) is 47.5 Å². The molecule has 1 atom stereocenters. The zero-order chi connectivity index (χ0) is 22.1. The van der Waals surface area contributed by atoms with Gasteiger partial charge in [-0.05, 0) is 57.5 Å². The molecule has 0 heterocycles. The molecule has 0 saturated carbocycles. The number of hydrogen-bond acceptors (Lipinski definition) is 5. The smallest absolute Gasteiger partial charge is 0.252 e. The predicted octanol–water partition coefficient (Wildman–Crippen LogP) is 4.33. The molecule has 2 N–H and O–H groups in total. The summed E-state index contributed by atoms with van der Waals surface area (Å²) in [5.41, 5.74) is 1.96. The molecular weight excluding hydrogens is 384 g/mol. The number of amides is 2. The van der Waals surface area contributed by atoms with Gasteiger partial charge in [0.15, 0.2) is 11.5 Å². The van der Waals surface area contributed by atoms with Gasteiger partial charge in [0, 0.05) is 18.2 Å². The Morgan fingerprint density at radius 2 is 1.53 bits per heavy atom. The molecule has 2 aromatic rings. The Hall–Kier alpha value is -3.22. The fourth-order valence-corrected chi connectivity index (χ4v) is 2.97. The molecule has 0 fully saturated rings. The molecule has 0 spiro atoms. The number of benzene rings is 2. The summed E-state index contributed by atoms with van der Waals surface area (Å²) in [6.45, 7) is 10.3. The molecular formula is C23H30N2O5. The summed E-state index contributed by atoms with van der Waals surface area (Å²) in [5.74, 6) is 1.02. The van der Waals surface area contributed by atoms with Crippen LogP contribution in [0.2, 0.25) is 0 Å². The highest BCUT2D eigenvalue weighted by Crippen LogP contribution is 2.39. The standard InChI is InChI=1S/C23H30N2O5/c1-6-28-20-13-18(14-21(29-7-2)22(20)30-8-3)23(27)24-15(4)17-10-9-11-19(12-17)25-16(5)26/h9-15H,6-8H2,1-5H3,(H,24,27)(H,25,26). The molecule has 30 heavy (non-hydrogen) atoms. The summed E-state index contributed by atoms with van der Waals surface area (Å²) in [6, 6.07) is 10.4. The number of nitrogens with one attached hydrogen (secondary N) is 2. The summed E-state index contributed by atoms with van der Waals surface area (Å²) in [6.07, 6.45) is 0. The lowest BCUT2D eigenvalue weighted by molar-refractivity contribution is -0.114. The van der Waals surface area contributed by atoms with Gasteiger partial charge < -0.3 is 24.8 Å². The molecule has 2 amide bonds. The van der Waals surface area contributed by atoms with E-state index in [-0.39, 0.29) is 17.9 Å². The molecule has 0 aliphatic carbocycles. The van der Waals surface area contributed by atoms with E-state index >= 15 is 0 Å². The third-order valence-electron chi connectivity index (χ3n) is 4.23. The molecule has 0 saturated heterocycles. The van der Waals surface area contributed by atoms with Crippen molar-refractivity contribution in [1.82, 2.24) is 5.32 Å². The third-order valence-corrected chi connectivity index (χ3v) is 4.23. The first kappa shape index (κ1) is 23.1. The molecule has 0 aliphatic heterocycles. The van der Waals surface area contributed by atoms with Crippen LogP contribution < -0.4 is 24.8 Å². The number of rotatable bonds is 10. The van der Waals surface area contributed by atoms with E-state index < -0.39 is 0 Å². The Kier molecular flexibility index (Phi) is 8.53. The Balaban J connectivity index is 2.28. The van der Waals surface area contributed by atoms with Gasteiger partial charge in [0.25, 0.3) is 5.91 Å². The minimum Gasteiger partial charge on any atom is -0.490 e. The fourth-order valence-electron chi connectivity index (χ4n) is 2.97. The molecule has 0 aromatic heterocycles. The quantitative estimate of drug-likeness (QED) is 0.604. The van der Waals surface area contributed by atoms with Gasteiger partial charge in [0.2, 0.25) is 11.7 Å². The average Bonchev–Trinajstić information content (AvgIpc) is 2.70. The molecule has 2 aromatic carbocycles. The highest BCUT2D eigenvalue weighted by molar-refractivity contribution is 5.96. The van der Waals surface area contributed by atoms with Crippen LogP contribution in [0.15, 0.2) is 36.4 Å². The van der Waals surface area contributed by atoms with E-state index in [0.717, 1.165) is 5.56 Å². The lowest BCUT2D eigenvalue weighted by Crippen LogP contribution is -2.27. The number of carbonyl (C=O) groups excluding carboxylic acids is 2. The van der Waals surface area contributed by atoms with Crippen molar-refractivity contribution in [2.45, 2.75) is 40.7 Å². The second kappa shape index (κ2) is 11.1. The van der Waals surface area contributed by atoms with Gasteiger partial charge in [-0.1, -0.05) is 12.1 Å². The summed E-state index contributed by atoms with van der Waals surface area (Å²) >= 11 is 0. The van der Waals surface area contributed by atoms with Gasteiger partial charge in [-0.3, -0.25) is 9.59 Å². The minimum atomic E-state index is -0.274. The van der Waals surface area contributed by atoms with Crippen molar-refractivity contribution in [1.29, 1.82) is 0 Å². The van der Waals surface area contributed by atoms with Crippen LogP contribution in [-0.4, -0.2) is 31.6 Å². The van der Waals surface area contributed by atoms with Crippen LogP contribution >= 0.6 is 0 Å². The van der Waals surface area contributed by atoms with Crippen LogP contribution in [0.3, 0.4) is 0 Å². The van der Waals surface area contributed by atoms with Crippen LogP contribution in [0, 0.1) is 0 Å². The van der Waals surface area contributed by atoms with E-state index in [1.54, 1.807) is 18.2 Å². The predicted molar refractivity (Wildman–Crippen MR) is 117 cm³/mol. The van der Waals surface area contributed by atoms with E-state index in [2.05, 4.69) is 10.6 Å². The van der Waals surface area contributed by atoms with E-state index in [9.17, 15) is 9.59 Å².